The van der Waals surface area contributed by atoms with Crippen LogP contribution in [0.2, 0.25) is 0 Å². The van der Waals surface area contributed by atoms with E-state index in [1.165, 1.54) is 12.1 Å². The maximum absolute atomic E-state index is 10.9. The summed E-state index contributed by atoms with van der Waals surface area (Å²) in [6.07, 6.45) is 0.839. The highest BCUT2D eigenvalue weighted by molar-refractivity contribution is 5.74. The van der Waals surface area contributed by atoms with Crippen molar-refractivity contribution in [1.29, 1.82) is 0 Å². The highest BCUT2D eigenvalue weighted by Crippen LogP contribution is 2.25. The molecule has 3 aromatic rings. The molecule has 3 rings (SSSR count). The predicted molar refractivity (Wildman–Crippen MR) is 84.3 cm³/mol. The van der Waals surface area contributed by atoms with Gasteiger partial charge in [0.15, 0.2) is 5.75 Å². The van der Waals surface area contributed by atoms with E-state index in [0.29, 0.717) is 6.54 Å². The third kappa shape index (κ3) is 3.29. The predicted octanol–water partition coefficient (Wildman–Crippen LogP) is 2.38. The Morgan fingerprint density at radius 2 is 1.96 bits per heavy atom. The summed E-state index contributed by atoms with van der Waals surface area (Å²) in [6.45, 7) is 0.249. The summed E-state index contributed by atoms with van der Waals surface area (Å²) in [7, 11) is 0. The molecule has 0 unspecified atom stereocenters. The molecule has 2 aromatic carbocycles. The molecule has 0 amide bonds. The van der Waals surface area contributed by atoms with Gasteiger partial charge in [-0.3, -0.25) is 10.1 Å². The van der Waals surface area contributed by atoms with Crippen molar-refractivity contribution in [2.45, 2.75) is 12.6 Å². The van der Waals surface area contributed by atoms with Crippen LogP contribution in [0.5, 0.6) is 5.75 Å². The zero-order valence-corrected chi connectivity index (χ0v) is 12.2. The summed E-state index contributed by atoms with van der Waals surface area (Å²) < 4.78 is 7.22. The van der Waals surface area contributed by atoms with Gasteiger partial charge in [0.2, 0.25) is 0 Å². The van der Waals surface area contributed by atoms with Crippen LogP contribution in [-0.4, -0.2) is 32.3 Å². The molecule has 0 spiro atoms. The Hall–Kier alpha value is -2.93. The monoisotopic (exact) mass is 313 g/mol. The third-order valence-corrected chi connectivity index (χ3v) is 3.43. The molecule has 0 aliphatic rings. The molecular formula is C16H15N3O4. The molecular weight excluding hydrogens is 298 g/mol. The molecule has 0 saturated heterocycles. The zero-order chi connectivity index (χ0) is 16.2. The molecule has 1 atom stereocenters. The van der Waals surface area contributed by atoms with Crippen LogP contribution in [0.15, 0.2) is 54.9 Å². The highest BCUT2D eigenvalue weighted by Gasteiger charge is 2.16. The van der Waals surface area contributed by atoms with Crippen molar-refractivity contribution in [2.75, 3.05) is 6.61 Å². The second kappa shape index (κ2) is 6.45. The maximum Gasteiger partial charge on any atom is 0.310 e. The number of aliphatic hydroxyl groups is 1. The first-order valence-electron chi connectivity index (χ1n) is 7.09. The Kier molecular flexibility index (Phi) is 4.20. The lowest BCUT2D eigenvalue weighted by molar-refractivity contribution is -0.385. The molecule has 1 heterocycles. The summed E-state index contributed by atoms with van der Waals surface area (Å²) in [4.78, 5) is 14.7. The first-order valence-corrected chi connectivity index (χ1v) is 7.09. The lowest BCUT2D eigenvalue weighted by Crippen LogP contribution is -2.23. The lowest BCUT2D eigenvalue weighted by Gasteiger charge is -2.13. The van der Waals surface area contributed by atoms with Crippen molar-refractivity contribution >= 4 is 16.7 Å². The highest BCUT2D eigenvalue weighted by atomic mass is 16.6. The van der Waals surface area contributed by atoms with Crippen LogP contribution < -0.4 is 4.74 Å². The molecule has 0 radical (unpaired) electrons. The van der Waals surface area contributed by atoms with Gasteiger partial charge in [-0.2, -0.15) is 0 Å². The number of nitro benzene ring substituents is 1. The SMILES string of the molecule is O=[N+]([O-])c1ccccc1OC[C@@H](O)Cn1cnc2ccccc21. The molecule has 0 bridgehead atoms. The summed E-state index contributed by atoms with van der Waals surface area (Å²) in [6, 6.07) is 13.7. The summed E-state index contributed by atoms with van der Waals surface area (Å²) in [5.74, 6) is 0.145. The first kappa shape index (κ1) is 15.0. The van der Waals surface area contributed by atoms with E-state index in [0.717, 1.165) is 11.0 Å². The number of hydrogen-bond acceptors (Lipinski definition) is 5. The van der Waals surface area contributed by atoms with Crippen molar-refractivity contribution < 1.29 is 14.8 Å². The standard InChI is InChI=1S/C16H15N3O4/c20-12(9-18-11-17-13-5-1-2-6-14(13)18)10-23-16-8-4-3-7-15(16)19(21)22/h1-8,11-12,20H,9-10H2/t12-/m0/s1. The minimum atomic E-state index is -0.813. The van der Waals surface area contributed by atoms with Crippen LogP contribution in [-0.2, 0) is 6.54 Å². The van der Waals surface area contributed by atoms with Gasteiger partial charge in [-0.05, 0) is 18.2 Å². The number of benzene rings is 2. The fourth-order valence-electron chi connectivity index (χ4n) is 2.35. The van der Waals surface area contributed by atoms with E-state index in [2.05, 4.69) is 4.98 Å². The van der Waals surface area contributed by atoms with E-state index in [1.807, 2.05) is 28.8 Å². The van der Waals surface area contributed by atoms with E-state index in [9.17, 15) is 15.2 Å². The Morgan fingerprint density at radius 1 is 1.22 bits per heavy atom. The molecule has 0 fully saturated rings. The first-order chi connectivity index (χ1) is 11.1. The molecule has 7 heteroatoms. The van der Waals surface area contributed by atoms with Crippen LogP contribution in [0.3, 0.4) is 0 Å². The molecule has 0 saturated carbocycles. The van der Waals surface area contributed by atoms with Gasteiger partial charge in [0.05, 0.1) is 28.8 Å². The number of aromatic nitrogens is 2. The molecule has 0 aliphatic carbocycles. The number of imidazole rings is 1. The van der Waals surface area contributed by atoms with Crippen molar-refractivity contribution in [1.82, 2.24) is 9.55 Å². The number of nitro groups is 1. The molecule has 23 heavy (non-hydrogen) atoms. The minimum absolute atomic E-state index is 0.0443. The van der Waals surface area contributed by atoms with Gasteiger partial charge >= 0.3 is 5.69 Å². The Balaban J connectivity index is 1.66. The van der Waals surface area contributed by atoms with Gasteiger partial charge in [-0.15, -0.1) is 0 Å². The quantitative estimate of drug-likeness (QED) is 0.557. The Bertz CT molecular complexity index is 831. The molecule has 1 N–H and O–H groups in total. The topological polar surface area (TPSA) is 90.4 Å². The number of hydrogen-bond donors (Lipinski definition) is 1. The van der Waals surface area contributed by atoms with Gasteiger partial charge in [0, 0.05) is 6.07 Å². The van der Waals surface area contributed by atoms with Gasteiger partial charge in [0.25, 0.3) is 0 Å². The second-order valence-electron chi connectivity index (χ2n) is 5.08. The van der Waals surface area contributed by atoms with Gasteiger partial charge < -0.3 is 14.4 Å². The maximum atomic E-state index is 10.9. The zero-order valence-electron chi connectivity index (χ0n) is 12.2. The summed E-state index contributed by atoms with van der Waals surface area (Å²) in [5, 5.41) is 21.0. The number of rotatable bonds is 6. The van der Waals surface area contributed by atoms with Crippen LogP contribution in [0, 0.1) is 10.1 Å². The van der Waals surface area contributed by atoms with Crippen LogP contribution >= 0.6 is 0 Å². The van der Waals surface area contributed by atoms with Crippen LogP contribution in [0.1, 0.15) is 0 Å². The molecule has 1 aromatic heterocycles. The summed E-state index contributed by atoms with van der Waals surface area (Å²) in [5.41, 5.74) is 1.64. The minimum Gasteiger partial charge on any atom is -0.484 e. The van der Waals surface area contributed by atoms with Crippen molar-refractivity contribution in [2.24, 2.45) is 0 Å². The average Bonchev–Trinajstić information content (AvgIpc) is 2.96. The van der Waals surface area contributed by atoms with Crippen LogP contribution in [0.4, 0.5) is 5.69 Å². The number of aliphatic hydroxyl groups excluding tert-OH is 1. The lowest BCUT2D eigenvalue weighted by atomic mass is 10.3. The number of fused-ring (bicyclic) bond motifs is 1. The number of nitrogens with zero attached hydrogens (tertiary/aromatic N) is 3. The van der Waals surface area contributed by atoms with Crippen LogP contribution in [0.25, 0.3) is 11.0 Å². The summed E-state index contributed by atoms with van der Waals surface area (Å²) >= 11 is 0. The second-order valence-corrected chi connectivity index (χ2v) is 5.08. The largest absolute Gasteiger partial charge is 0.484 e. The number of ether oxygens (including phenoxy) is 1. The van der Waals surface area contributed by atoms with Crippen molar-refractivity contribution in [3.05, 3.63) is 65.0 Å². The van der Waals surface area contributed by atoms with E-state index >= 15 is 0 Å². The fraction of sp³-hybridized carbons (Fsp3) is 0.188. The normalized spacial score (nSPS) is 12.2. The van der Waals surface area contributed by atoms with E-state index in [-0.39, 0.29) is 18.0 Å². The Labute approximate surface area is 131 Å². The average molecular weight is 313 g/mol. The van der Waals surface area contributed by atoms with Gasteiger partial charge in [0.1, 0.15) is 12.7 Å². The molecule has 7 nitrogen and oxygen atoms in total. The molecule has 118 valence electrons. The van der Waals surface area contributed by atoms with Gasteiger partial charge in [-0.1, -0.05) is 24.3 Å². The number of para-hydroxylation sites is 4. The Morgan fingerprint density at radius 3 is 2.78 bits per heavy atom. The third-order valence-electron chi connectivity index (χ3n) is 3.43. The van der Waals surface area contributed by atoms with Crippen molar-refractivity contribution in [3.8, 4) is 5.75 Å². The molecule has 0 aliphatic heterocycles. The smallest absolute Gasteiger partial charge is 0.310 e. The fourth-order valence-corrected chi connectivity index (χ4v) is 2.35. The van der Waals surface area contributed by atoms with E-state index < -0.39 is 11.0 Å². The van der Waals surface area contributed by atoms with Crippen molar-refractivity contribution in [3.63, 3.8) is 0 Å². The van der Waals surface area contributed by atoms with E-state index in [1.54, 1.807) is 18.5 Å². The van der Waals surface area contributed by atoms with Gasteiger partial charge in [-0.25, -0.2) is 4.98 Å². The van der Waals surface area contributed by atoms with E-state index in [4.69, 9.17) is 4.74 Å².